The molecule has 2 heterocycles. The van der Waals surface area contributed by atoms with Gasteiger partial charge in [0, 0.05) is 32.7 Å². The molecule has 0 radical (unpaired) electrons. The molecule has 7 heteroatoms. The van der Waals surface area contributed by atoms with E-state index >= 15 is 0 Å². The van der Waals surface area contributed by atoms with Crippen LogP contribution in [0.25, 0.3) is 5.69 Å². The smallest absolute Gasteiger partial charge is 0.292 e. The van der Waals surface area contributed by atoms with Gasteiger partial charge in [0.05, 0.1) is 24.2 Å². The fourth-order valence-electron chi connectivity index (χ4n) is 3.79. The van der Waals surface area contributed by atoms with E-state index in [2.05, 4.69) is 34.0 Å². The SMILES string of the molecule is Cc1cccc(OCCCN2CCN(c3cnn(-c4ccccc4)c(=O)c3Cl)CC2)c1. The van der Waals surface area contributed by atoms with Crippen molar-refractivity contribution in [3.63, 3.8) is 0 Å². The highest BCUT2D eigenvalue weighted by atomic mass is 35.5. The summed E-state index contributed by atoms with van der Waals surface area (Å²) in [6.45, 7) is 7.23. The van der Waals surface area contributed by atoms with Gasteiger partial charge in [0.25, 0.3) is 5.56 Å². The van der Waals surface area contributed by atoms with Crippen LogP contribution in [-0.2, 0) is 0 Å². The largest absolute Gasteiger partial charge is 0.494 e. The number of halogens is 1. The minimum Gasteiger partial charge on any atom is -0.494 e. The van der Waals surface area contributed by atoms with Crippen molar-refractivity contribution in [2.75, 3.05) is 44.2 Å². The normalized spacial score (nSPS) is 14.6. The third-order valence-corrected chi connectivity index (χ3v) is 5.85. The Morgan fingerprint density at radius 2 is 1.81 bits per heavy atom. The number of benzene rings is 2. The first-order chi connectivity index (χ1) is 15.1. The summed E-state index contributed by atoms with van der Waals surface area (Å²) in [5.74, 6) is 0.928. The van der Waals surface area contributed by atoms with E-state index in [1.807, 2.05) is 42.5 Å². The third-order valence-electron chi connectivity index (χ3n) is 5.49. The summed E-state index contributed by atoms with van der Waals surface area (Å²) in [7, 11) is 0. The fourth-order valence-corrected chi connectivity index (χ4v) is 4.04. The van der Waals surface area contributed by atoms with Gasteiger partial charge >= 0.3 is 0 Å². The Morgan fingerprint density at radius 1 is 1.03 bits per heavy atom. The molecular weight excluding hydrogens is 412 g/mol. The molecule has 0 unspecified atom stereocenters. The molecule has 1 saturated heterocycles. The van der Waals surface area contributed by atoms with Gasteiger partial charge in [0.15, 0.2) is 0 Å². The Hall–Kier alpha value is -2.83. The number of piperazine rings is 1. The van der Waals surface area contributed by atoms with Gasteiger partial charge < -0.3 is 9.64 Å². The van der Waals surface area contributed by atoms with Gasteiger partial charge in [-0.15, -0.1) is 0 Å². The number of hydrogen-bond donors (Lipinski definition) is 0. The van der Waals surface area contributed by atoms with Crippen molar-refractivity contribution in [3.8, 4) is 11.4 Å². The van der Waals surface area contributed by atoms with E-state index in [0.717, 1.165) is 44.9 Å². The predicted octanol–water partition coefficient (Wildman–Crippen LogP) is 3.79. The Kier molecular flexibility index (Phi) is 6.89. The van der Waals surface area contributed by atoms with Crippen LogP contribution in [0.15, 0.2) is 65.6 Å². The minimum absolute atomic E-state index is 0.221. The second kappa shape index (κ2) is 9.98. The van der Waals surface area contributed by atoms with Gasteiger partial charge in [-0.3, -0.25) is 9.69 Å². The Morgan fingerprint density at radius 3 is 2.55 bits per heavy atom. The van der Waals surface area contributed by atoms with Crippen molar-refractivity contribution in [1.82, 2.24) is 14.7 Å². The molecule has 1 fully saturated rings. The van der Waals surface area contributed by atoms with Crippen molar-refractivity contribution in [3.05, 3.63) is 81.7 Å². The fraction of sp³-hybridized carbons (Fsp3) is 0.333. The maximum absolute atomic E-state index is 12.7. The predicted molar refractivity (Wildman–Crippen MR) is 125 cm³/mol. The van der Waals surface area contributed by atoms with Gasteiger partial charge in [-0.1, -0.05) is 41.9 Å². The van der Waals surface area contributed by atoms with Crippen LogP contribution in [0.3, 0.4) is 0 Å². The van der Waals surface area contributed by atoms with E-state index in [9.17, 15) is 4.79 Å². The summed E-state index contributed by atoms with van der Waals surface area (Å²) in [6, 6.07) is 17.5. The highest BCUT2D eigenvalue weighted by Gasteiger charge is 2.21. The highest BCUT2D eigenvalue weighted by molar-refractivity contribution is 6.33. The molecule has 2 aromatic carbocycles. The Bertz CT molecular complexity index is 1060. The van der Waals surface area contributed by atoms with Gasteiger partial charge in [-0.05, 0) is 43.2 Å². The number of nitrogens with zero attached hydrogens (tertiary/aromatic N) is 4. The standard InChI is InChI=1S/C24H27ClN4O2/c1-19-7-5-10-21(17-19)31-16-6-11-27-12-14-28(15-13-27)22-18-26-29(24(30)23(22)25)20-8-3-2-4-9-20/h2-5,7-10,17-18H,6,11-16H2,1H3. The second-order valence-corrected chi connectivity index (χ2v) is 8.12. The van der Waals surface area contributed by atoms with Crippen LogP contribution in [0.4, 0.5) is 5.69 Å². The molecular formula is C24H27ClN4O2. The number of hydrogen-bond acceptors (Lipinski definition) is 5. The van der Waals surface area contributed by atoms with Crippen LogP contribution in [0.5, 0.6) is 5.75 Å². The maximum Gasteiger partial charge on any atom is 0.292 e. The summed E-state index contributed by atoms with van der Waals surface area (Å²) >= 11 is 6.44. The van der Waals surface area contributed by atoms with E-state index in [-0.39, 0.29) is 10.6 Å². The van der Waals surface area contributed by atoms with Crippen LogP contribution in [0, 0.1) is 6.92 Å². The van der Waals surface area contributed by atoms with Crippen LogP contribution in [-0.4, -0.2) is 54.0 Å². The zero-order valence-electron chi connectivity index (χ0n) is 17.7. The zero-order chi connectivity index (χ0) is 21.6. The zero-order valence-corrected chi connectivity index (χ0v) is 18.5. The minimum atomic E-state index is -0.291. The highest BCUT2D eigenvalue weighted by Crippen LogP contribution is 2.23. The lowest BCUT2D eigenvalue weighted by Gasteiger charge is -2.36. The summed E-state index contributed by atoms with van der Waals surface area (Å²) in [5, 5.41) is 4.57. The first-order valence-corrected chi connectivity index (χ1v) is 11.0. The molecule has 0 atom stereocenters. The van der Waals surface area contributed by atoms with E-state index < -0.39 is 0 Å². The average Bonchev–Trinajstić information content (AvgIpc) is 2.80. The molecule has 0 saturated carbocycles. The lowest BCUT2D eigenvalue weighted by atomic mass is 10.2. The van der Waals surface area contributed by atoms with E-state index in [1.54, 1.807) is 6.20 Å². The molecule has 1 aliphatic rings. The van der Waals surface area contributed by atoms with E-state index in [4.69, 9.17) is 16.3 Å². The molecule has 4 rings (SSSR count). The lowest BCUT2D eigenvalue weighted by molar-refractivity contribution is 0.224. The Balaban J connectivity index is 1.29. The number of aromatic nitrogens is 2. The first kappa shape index (κ1) is 21.4. The molecule has 1 aromatic heterocycles. The molecule has 0 amide bonds. The van der Waals surface area contributed by atoms with Gasteiger partial charge in [-0.25, -0.2) is 0 Å². The Labute approximate surface area is 187 Å². The van der Waals surface area contributed by atoms with Crippen molar-refractivity contribution in [2.24, 2.45) is 0 Å². The van der Waals surface area contributed by atoms with Crippen LogP contribution in [0.2, 0.25) is 5.02 Å². The monoisotopic (exact) mass is 438 g/mol. The first-order valence-electron chi connectivity index (χ1n) is 10.6. The summed E-state index contributed by atoms with van der Waals surface area (Å²) in [4.78, 5) is 17.3. The van der Waals surface area contributed by atoms with Crippen molar-refractivity contribution in [2.45, 2.75) is 13.3 Å². The molecule has 0 spiro atoms. The van der Waals surface area contributed by atoms with Crippen molar-refractivity contribution < 1.29 is 4.74 Å². The van der Waals surface area contributed by atoms with Gasteiger partial charge in [-0.2, -0.15) is 9.78 Å². The average molecular weight is 439 g/mol. The van der Waals surface area contributed by atoms with E-state index in [1.165, 1.54) is 10.2 Å². The van der Waals surface area contributed by atoms with Gasteiger partial charge in [0.1, 0.15) is 10.8 Å². The molecule has 1 aliphatic heterocycles. The topological polar surface area (TPSA) is 50.6 Å². The van der Waals surface area contributed by atoms with Crippen molar-refractivity contribution >= 4 is 17.3 Å². The second-order valence-electron chi connectivity index (χ2n) is 7.74. The molecule has 3 aromatic rings. The quantitative estimate of drug-likeness (QED) is 0.525. The lowest BCUT2D eigenvalue weighted by Crippen LogP contribution is -2.47. The third kappa shape index (κ3) is 5.27. The summed E-state index contributed by atoms with van der Waals surface area (Å²) in [6.07, 6.45) is 2.67. The molecule has 0 bridgehead atoms. The molecule has 0 N–H and O–H groups in total. The number of ether oxygens (including phenoxy) is 1. The van der Waals surface area contributed by atoms with Crippen LogP contribution in [0.1, 0.15) is 12.0 Å². The molecule has 162 valence electrons. The van der Waals surface area contributed by atoms with Crippen molar-refractivity contribution in [1.29, 1.82) is 0 Å². The number of aryl methyl sites for hydroxylation is 1. The number of rotatable bonds is 7. The molecule has 31 heavy (non-hydrogen) atoms. The number of anilines is 1. The molecule has 6 nitrogen and oxygen atoms in total. The van der Waals surface area contributed by atoms with Gasteiger partial charge in [0.2, 0.25) is 0 Å². The summed E-state index contributed by atoms with van der Waals surface area (Å²) in [5.41, 5.74) is 2.33. The van der Waals surface area contributed by atoms with Crippen LogP contribution < -0.4 is 15.2 Å². The number of para-hydroxylation sites is 1. The van der Waals surface area contributed by atoms with E-state index in [0.29, 0.717) is 18.0 Å². The van der Waals surface area contributed by atoms with Crippen LogP contribution >= 0.6 is 11.6 Å². The summed E-state index contributed by atoms with van der Waals surface area (Å²) < 4.78 is 7.19. The maximum atomic E-state index is 12.7. The molecule has 0 aliphatic carbocycles.